The van der Waals surface area contributed by atoms with Crippen LogP contribution in [0, 0.1) is 6.92 Å². The number of nitrogens with one attached hydrogen (secondary N) is 1. The van der Waals surface area contributed by atoms with Crippen molar-refractivity contribution in [2.24, 2.45) is 0 Å². The van der Waals surface area contributed by atoms with Gasteiger partial charge in [0.1, 0.15) is 23.5 Å². The molecule has 1 aromatic carbocycles. The van der Waals surface area contributed by atoms with Crippen molar-refractivity contribution in [2.45, 2.75) is 33.3 Å². The number of carbonyl (C=O) groups excluding carboxylic acids is 1. The summed E-state index contributed by atoms with van der Waals surface area (Å²) < 4.78 is 10.5. The van der Waals surface area contributed by atoms with E-state index in [-0.39, 0.29) is 18.7 Å². The number of carbonyl (C=O) groups is 2. The van der Waals surface area contributed by atoms with Crippen LogP contribution >= 0.6 is 0 Å². The van der Waals surface area contributed by atoms with Gasteiger partial charge in [-0.3, -0.25) is 0 Å². The summed E-state index contributed by atoms with van der Waals surface area (Å²) in [5.74, 6) is -0.732. The maximum absolute atomic E-state index is 11.4. The van der Waals surface area contributed by atoms with Gasteiger partial charge in [0.15, 0.2) is 0 Å². The van der Waals surface area contributed by atoms with E-state index in [0.717, 1.165) is 5.56 Å². The fourth-order valence-corrected chi connectivity index (χ4v) is 1.63. The number of benzene rings is 1. The average Bonchev–Trinajstić information content (AvgIpc) is 2.33. The van der Waals surface area contributed by atoms with Gasteiger partial charge in [0, 0.05) is 0 Å². The Hall–Kier alpha value is -2.24. The van der Waals surface area contributed by atoms with Crippen LogP contribution in [0.15, 0.2) is 18.2 Å². The molecular formula is C15H21NO5. The summed E-state index contributed by atoms with van der Waals surface area (Å²) in [4.78, 5) is 22.5. The lowest BCUT2D eigenvalue weighted by molar-refractivity contribution is 0.0518. The molecule has 0 radical (unpaired) electrons. The quantitative estimate of drug-likeness (QED) is 0.816. The average molecular weight is 295 g/mol. The maximum atomic E-state index is 11.4. The Morgan fingerprint density at radius 3 is 2.52 bits per heavy atom. The molecule has 0 bridgehead atoms. The maximum Gasteiger partial charge on any atom is 0.407 e. The molecule has 1 amide bonds. The van der Waals surface area contributed by atoms with Gasteiger partial charge >= 0.3 is 12.1 Å². The fourth-order valence-electron chi connectivity index (χ4n) is 1.63. The number of hydrogen-bond acceptors (Lipinski definition) is 4. The smallest absolute Gasteiger partial charge is 0.407 e. The van der Waals surface area contributed by atoms with Crippen molar-refractivity contribution in [3.8, 4) is 5.75 Å². The van der Waals surface area contributed by atoms with Crippen LogP contribution in [-0.2, 0) is 4.74 Å². The minimum atomic E-state index is -1.05. The molecule has 0 aromatic heterocycles. The molecule has 0 spiro atoms. The van der Waals surface area contributed by atoms with Gasteiger partial charge in [-0.1, -0.05) is 12.1 Å². The Morgan fingerprint density at radius 2 is 1.95 bits per heavy atom. The number of rotatable bonds is 5. The third-order valence-electron chi connectivity index (χ3n) is 2.46. The summed E-state index contributed by atoms with van der Waals surface area (Å²) in [7, 11) is 0. The van der Waals surface area contributed by atoms with Crippen LogP contribution in [-0.4, -0.2) is 35.9 Å². The minimum Gasteiger partial charge on any atom is -0.491 e. The highest BCUT2D eigenvalue weighted by molar-refractivity contribution is 5.91. The van der Waals surface area contributed by atoms with Gasteiger partial charge in [0.2, 0.25) is 0 Å². The highest BCUT2D eigenvalue weighted by atomic mass is 16.6. The van der Waals surface area contributed by atoms with Gasteiger partial charge in [0.25, 0.3) is 0 Å². The van der Waals surface area contributed by atoms with Crippen LogP contribution in [0.5, 0.6) is 5.75 Å². The van der Waals surface area contributed by atoms with E-state index in [9.17, 15) is 9.59 Å². The Kier molecular flexibility index (Phi) is 5.58. The molecule has 1 rings (SSSR count). The number of ether oxygens (including phenoxy) is 2. The number of alkyl carbamates (subject to hydrolysis) is 1. The molecule has 2 N–H and O–H groups in total. The second-order valence-electron chi connectivity index (χ2n) is 5.53. The molecule has 6 heteroatoms. The fraction of sp³-hybridized carbons (Fsp3) is 0.467. The monoisotopic (exact) mass is 295 g/mol. The van der Waals surface area contributed by atoms with Gasteiger partial charge in [-0.25, -0.2) is 9.59 Å². The number of amides is 1. The van der Waals surface area contributed by atoms with E-state index in [1.54, 1.807) is 39.8 Å². The van der Waals surface area contributed by atoms with Crippen LogP contribution in [0.1, 0.15) is 36.7 Å². The molecule has 0 saturated carbocycles. The largest absolute Gasteiger partial charge is 0.491 e. The minimum absolute atomic E-state index is 0.104. The van der Waals surface area contributed by atoms with Crippen LogP contribution in [0.3, 0.4) is 0 Å². The van der Waals surface area contributed by atoms with Crippen molar-refractivity contribution in [1.82, 2.24) is 5.32 Å². The number of hydrogen-bond donors (Lipinski definition) is 2. The van der Waals surface area contributed by atoms with E-state index in [2.05, 4.69) is 5.32 Å². The van der Waals surface area contributed by atoms with E-state index in [1.807, 2.05) is 0 Å². The molecule has 116 valence electrons. The van der Waals surface area contributed by atoms with Crippen molar-refractivity contribution in [2.75, 3.05) is 13.2 Å². The number of aromatic carboxylic acids is 1. The predicted octanol–water partition coefficient (Wildman–Crippen LogP) is 2.60. The van der Waals surface area contributed by atoms with Crippen LogP contribution < -0.4 is 10.1 Å². The first-order chi connectivity index (χ1) is 9.70. The van der Waals surface area contributed by atoms with Crippen molar-refractivity contribution in [3.05, 3.63) is 29.3 Å². The number of aryl methyl sites for hydroxylation is 1. The zero-order valence-electron chi connectivity index (χ0n) is 12.7. The molecular weight excluding hydrogens is 274 g/mol. The number of para-hydroxylation sites is 1. The number of carboxylic acids is 1. The highest BCUT2D eigenvalue weighted by Gasteiger charge is 2.16. The van der Waals surface area contributed by atoms with Gasteiger partial charge in [0.05, 0.1) is 6.54 Å². The predicted molar refractivity (Wildman–Crippen MR) is 77.9 cm³/mol. The van der Waals surface area contributed by atoms with E-state index < -0.39 is 17.7 Å². The summed E-state index contributed by atoms with van der Waals surface area (Å²) in [6, 6.07) is 4.90. The SMILES string of the molecule is Cc1cccc(C(=O)O)c1OCCNC(=O)OC(C)(C)C. The Bertz CT molecular complexity index is 519. The van der Waals surface area contributed by atoms with E-state index in [0.29, 0.717) is 5.75 Å². The third kappa shape index (κ3) is 5.72. The zero-order valence-corrected chi connectivity index (χ0v) is 12.7. The number of carboxylic acid groups (broad SMARTS) is 1. The van der Waals surface area contributed by atoms with Gasteiger partial charge in [-0.05, 0) is 39.3 Å². The molecule has 1 aromatic rings. The molecule has 6 nitrogen and oxygen atoms in total. The lowest BCUT2D eigenvalue weighted by Gasteiger charge is -2.19. The third-order valence-corrected chi connectivity index (χ3v) is 2.46. The Balaban J connectivity index is 2.50. The molecule has 0 saturated heterocycles. The van der Waals surface area contributed by atoms with E-state index >= 15 is 0 Å². The molecule has 21 heavy (non-hydrogen) atoms. The van der Waals surface area contributed by atoms with Gasteiger partial charge in [-0.2, -0.15) is 0 Å². The summed E-state index contributed by atoms with van der Waals surface area (Å²) in [6.45, 7) is 7.47. The first-order valence-corrected chi connectivity index (χ1v) is 6.63. The van der Waals surface area contributed by atoms with Gasteiger partial charge < -0.3 is 19.9 Å². The molecule has 0 atom stereocenters. The van der Waals surface area contributed by atoms with E-state index in [1.165, 1.54) is 6.07 Å². The molecule has 0 aliphatic heterocycles. The lowest BCUT2D eigenvalue weighted by Crippen LogP contribution is -2.34. The molecule has 0 fully saturated rings. The van der Waals surface area contributed by atoms with Crippen LogP contribution in [0.2, 0.25) is 0 Å². The standard InChI is InChI=1S/C15H21NO5/c1-10-6-5-7-11(13(17)18)12(10)20-9-8-16-14(19)21-15(2,3)4/h5-7H,8-9H2,1-4H3,(H,16,19)(H,17,18). The van der Waals surface area contributed by atoms with E-state index in [4.69, 9.17) is 14.6 Å². The molecule has 0 aliphatic rings. The van der Waals surface area contributed by atoms with Crippen molar-refractivity contribution in [3.63, 3.8) is 0 Å². The Morgan fingerprint density at radius 1 is 1.29 bits per heavy atom. The molecule has 0 aliphatic carbocycles. The summed E-state index contributed by atoms with van der Waals surface area (Å²) in [5, 5.41) is 11.6. The zero-order chi connectivity index (χ0) is 16.0. The topological polar surface area (TPSA) is 84.9 Å². The van der Waals surface area contributed by atoms with Crippen LogP contribution in [0.25, 0.3) is 0 Å². The van der Waals surface area contributed by atoms with Crippen LogP contribution in [0.4, 0.5) is 4.79 Å². The first kappa shape index (κ1) is 16.8. The van der Waals surface area contributed by atoms with Crippen molar-refractivity contribution < 1.29 is 24.2 Å². The summed E-state index contributed by atoms with van der Waals surface area (Å²) in [5.41, 5.74) is 0.275. The Labute approximate surface area is 124 Å². The lowest BCUT2D eigenvalue weighted by atomic mass is 10.1. The first-order valence-electron chi connectivity index (χ1n) is 6.63. The highest BCUT2D eigenvalue weighted by Crippen LogP contribution is 2.23. The normalized spacial score (nSPS) is 10.9. The summed E-state index contributed by atoms with van der Waals surface area (Å²) >= 11 is 0. The molecule has 0 heterocycles. The second-order valence-corrected chi connectivity index (χ2v) is 5.53. The summed E-state index contributed by atoms with van der Waals surface area (Å²) in [6.07, 6.45) is -0.533. The molecule has 0 unspecified atom stereocenters. The second kappa shape index (κ2) is 6.97. The van der Waals surface area contributed by atoms with Crippen molar-refractivity contribution >= 4 is 12.1 Å². The van der Waals surface area contributed by atoms with Crippen molar-refractivity contribution in [1.29, 1.82) is 0 Å². The van der Waals surface area contributed by atoms with Gasteiger partial charge in [-0.15, -0.1) is 0 Å².